The van der Waals surface area contributed by atoms with Gasteiger partial charge in [-0.05, 0) is 58.5 Å². The Morgan fingerprint density at radius 3 is 2.45 bits per heavy atom. The molecule has 4 nitrogen and oxygen atoms in total. The molecule has 0 radical (unpaired) electrons. The zero-order valence-corrected chi connectivity index (χ0v) is 13.3. The van der Waals surface area contributed by atoms with E-state index < -0.39 is 10.0 Å². The minimum Gasteiger partial charge on any atom is -0.280 e. The van der Waals surface area contributed by atoms with E-state index in [1.54, 1.807) is 30.3 Å². The second kappa shape index (κ2) is 6.24. The summed E-state index contributed by atoms with van der Waals surface area (Å²) in [6.45, 7) is 0. The Bertz CT molecular complexity index is 749. The van der Waals surface area contributed by atoms with Crippen LogP contribution in [0.5, 0.6) is 0 Å². The van der Waals surface area contributed by atoms with Crippen LogP contribution >= 0.6 is 22.6 Å². The van der Waals surface area contributed by atoms with Crippen molar-refractivity contribution >= 4 is 38.3 Å². The minimum absolute atomic E-state index is 0.179. The van der Waals surface area contributed by atoms with Crippen LogP contribution in [0, 0.1) is 14.9 Å². The number of nitriles is 1. The monoisotopic (exact) mass is 398 g/mol. The van der Waals surface area contributed by atoms with Crippen LogP contribution in [0.4, 0.5) is 5.69 Å². The van der Waals surface area contributed by atoms with E-state index >= 15 is 0 Å². The number of hydrogen-bond donors (Lipinski definition) is 1. The number of benzene rings is 2. The molecule has 2 aromatic rings. The number of anilines is 1. The van der Waals surface area contributed by atoms with Gasteiger partial charge >= 0.3 is 0 Å². The van der Waals surface area contributed by atoms with Gasteiger partial charge in [-0.15, -0.1) is 0 Å². The Labute approximate surface area is 131 Å². The standard InChI is InChI=1S/C14H11IN2O2S/c15-12-2-1-3-13(10-12)17-20(18,19)14-6-4-11(5-7-14)8-9-16/h1-7,10,17H,8H2. The van der Waals surface area contributed by atoms with E-state index in [1.165, 1.54) is 12.1 Å². The summed E-state index contributed by atoms with van der Waals surface area (Å²) in [6, 6.07) is 15.4. The molecule has 0 unspecified atom stereocenters. The van der Waals surface area contributed by atoms with Gasteiger partial charge in [0.05, 0.1) is 17.4 Å². The molecule has 20 heavy (non-hydrogen) atoms. The number of sulfonamides is 1. The SMILES string of the molecule is N#CCc1ccc(S(=O)(=O)Nc2cccc(I)c2)cc1. The van der Waals surface area contributed by atoms with Gasteiger partial charge in [-0.1, -0.05) is 18.2 Å². The molecule has 0 saturated heterocycles. The molecule has 2 rings (SSSR count). The fourth-order valence-corrected chi connectivity index (χ4v) is 3.24. The Morgan fingerprint density at radius 2 is 1.85 bits per heavy atom. The van der Waals surface area contributed by atoms with Gasteiger partial charge in [0.25, 0.3) is 10.0 Å². The first-order chi connectivity index (χ1) is 9.51. The molecule has 1 N–H and O–H groups in total. The predicted octanol–water partition coefficient (Wildman–Crippen LogP) is 3.16. The molecule has 0 fully saturated rings. The average molecular weight is 398 g/mol. The van der Waals surface area contributed by atoms with Gasteiger partial charge in [-0.3, -0.25) is 4.72 Å². The fourth-order valence-electron chi connectivity index (χ4n) is 1.64. The van der Waals surface area contributed by atoms with Crippen molar-refractivity contribution < 1.29 is 8.42 Å². The lowest BCUT2D eigenvalue weighted by Gasteiger charge is -2.08. The van der Waals surface area contributed by atoms with Crippen LogP contribution in [-0.2, 0) is 16.4 Å². The van der Waals surface area contributed by atoms with Crippen molar-refractivity contribution in [2.45, 2.75) is 11.3 Å². The fraction of sp³-hybridized carbons (Fsp3) is 0.0714. The van der Waals surface area contributed by atoms with E-state index in [0.717, 1.165) is 9.13 Å². The summed E-state index contributed by atoms with van der Waals surface area (Å²) >= 11 is 2.12. The molecule has 6 heteroatoms. The highest BCUT2D eigenvalue weighted by Crippen LogP contribution is 2.18. The minimum atomic E-state index is -3.60. The number of hydrogen-bond acceptors (Lipinski definition) is 3. The second-order valence-electron chi connectivity index (χ2n) is 4.09. The maximum absolute atomic E-state index is 12.2. The van der Waals surface area contributed by atoms with Gasteiger partial charge in [-0.25, -0.2) is 8.42 Å². The largest absolute Gasteiger partial charge is 0.280 e. The van der Waals surface area contributed by atoms with Gasteiger partial charge in [0.2, 0.25) is 0 Å². The predicted molar refractivity (Wildman–Crippen MR) is 85.7 cm³/mol. The normalized spacial score (nSPS) is 10.8. The third-order valence-electron chi connectivity index (χ3n) is 2.59. The number of nitrogens with zero attached hydrogens (tertiary/aromatic N) is 1. The lowest BCUT2D eigenvalue weighted by molar-refractivity contribution is 0.601. The lowest BCUT2D eigenvalue weighted by Crippen LogP contribution is -2.13. The summed E-state index contributed by atoms with van der Waals surface area (Å²) in [6.07, 6.45) is 0.268. The van der Waals surface area contributed by atoms with Crippen molar-refractivity contribution in [3.8, 4) is 6.07 Å². The molecule has 0 heterocycles. The Kier molecular flexibility index (Phi) is 4.62. The first-order valence-corrected chi connectivity index (χ1v) is 8.32. The highest BCUT2D eigenvalue weighted by atomic mass is 127. The summed E-state index contributed by atoms with van der Waals surface area (Å²) in [4.78, 5) is 0.179. The number of rotatable bonds is 4. The molecule has 2 aromatic carbocycles. The molecule has 0 atom stereocenters. The molecule has 0 amide bonds. The molecule has 0 aromatic heterocycles. The third-order valence-corrected chi connectivity index (χ3v) is 4.66. The first kappa shape index (κ1) is 14.8. The summed E-state index contributed by atoms with van der Waals surface area (Å²) < 4.78 is 27.9. The van der Waals surface area contributed by atoms with Crippen LogP contribution < -0.4 is 4.72 Å². The smallest absolute Gasteiger partial charge is 0.261 e. The quantitative estimate of drug-likeness (QED) is 0.805. The van der Waals surface area contributed by atoms with Crippen molar-refractivity contribution in [2.24, 2.45) is 0 Å². The molecule has 0 bridgehead atoms. The van der Waals surface area contributed by atoms with Crippen molar-refractivity contribution in [3.05, 3.63) is 57.7 Å². The number of halogens is 1. The zero-order valence-electron chi connectivity index (χ0n) is 10.4. The van der Waals surface area contributed by atoms with E-state index in [9.17, 15) is 8.42 Å². The Hall–Kier alpha value is -1.59. The van der Waals surface area contributed by atoms with E-state index in [2.05, 4.69) is 27.3 Å². The van der Waals surface area contributed by atoms with Crippen molar-refractivity contribution in [1.82, 2.24) is 0 Å². The Morgan fingerprint density at radius 1 is 1.15 bits per heavy atom. The van der Waals surface area contributed by atoms with Gasteiger partial charge in [-0.2, -0.15) is 5.26 Å². The van der Waals surface area contributed by atoms with E-state index in [-0.39, 0.29) is 11.3 Å². The van der Waals surface area contributed by atoms with Crippen LogP contribution in [0.2, 0.25) is 0 Å². The van der Waals surface area contributed by atoms with E-state index in [1.807, 2.05) is 12.1 Å². The van der Waals surface area contributed by atoms with Gasteiger partial charge in [0.15, 0.2) is 0 Å². The topological polar surface area (TPSA) is 70.0 Å². The molecule has 0 aliphatic heterocycles. The highest BCUT2D eigenvalue weighted by Gasteiger charge is 2.13. The molecular formula is C14H11IN2O2S. The molecule has 0 saturated carbocycles. The second-order valence-corrected chi connectivity index (χ2v) is 7.02. The summed E-state index contributed by atoms with van der Waals surface area (Å²) in [5.41, 5.74) is 1.32. The maximum Gasteiger partial charge on any atom is 0.261 e. The van der Waals surface area contributed by atoms with E-state index in [4.69, 9.17) is 5.26 Å². The van der Waals surface area contributed by atoms with Crippen LogP contribution in [0.15, 0.2) is 53.4 Å². The summed E-state index contributed by atoms with van der Waals surface area (Å²) in [5, 5.41) is 8.59. The average Bonchev–Trinajstić information content (AvgIpc) is 2.39. The van der Waals surface area contributed by atoms with Crippen LogP contribution in [0.3, 0.4) is 0 Å². The highest BCUT2D eigenvalue weighted by molar-refractivity contribution is 14.1. The zero-order chi connectivity index (χ0) is 14.6. The molecular weight excluding hydrogens is 387 g/mol. The van der Waals surface area contributed by atoms with Crippen molar-refractivity contribution in [2.75, 3.05) is 4.72 Å². The van der Waals surface area contributed by atoms with Crippen molar-refractivity contribution in [3.63, 3.8) is 0 Å². The van der Waals surface area contributed by atoms with Gasteiger partial charge in [0, 0.05) is 9.26 Å². The van der Waals surface area contributed by atoms with E-state index in [0.29, 0.717) is 5.69 Å². The summed E-state index contributed by atoms with van der Waals surface area (Å²) in [7, 11) is -3.60. The van der Waals surface area contributed by atoms with Gasteiger partial charge in [0.1, 0.15) is 0 Å². The van der Waals surface area contributed by atoms with Crippen LogP contribution in [0.1, 0.15) is 5.56 Å². The first-order valence-electron chi connectivity index (χ1n) is 5.75. The summed E-state index contributed by atoms with van der Waals surface area (Å²) in [5.74, 6) is 0. The van der Waals surface area contributed by atoms with Crippen LogP contribution in [0.25, 0.3) is 0 Å². The molecule has 0 spiro atoms. The molecule has 0 aliphatic carbocycles. The maximum atomic E-state index is 12.2. The van der Waals surface area contributed by atoms with Gasteiger partial charge < -0.3 is 0 Å². The lowest BCUT2D eigenvalue weighted by atomic mass is 10.2. The molecule has 0 aliphatic rings. The van der Waals surface area contributed by atoms with Crippen LogP contribution in [-0.4, -0.2) is 8.42 Å². The molecule has 102 valence electrons. The number of nitrogens with one attached hydrogen (secondary N) is 1. The third kappa shape index (κ3) is 3.71. The Balaban J connectivity index is 2.24. The van der Waals surface area contributed by atoms with Crippen molar-refractivity contribution in [1.29, 1.82) is 5.26 Å².